The lowest BCUT2D eigenvalue weighted by Crippen LogP contribution is -2.30. The van der Waals surface area contributed by atoms with Gasteiger partial charge in [-0.15, -0.1) is 0 Å². The van der Waals surface area contributed by atoms with Crippen molar-refractivity contribution in [1.82, 2.24) is 0 Å². The molecule has 6 heteroatoms. The van der Waals surface area contributed by atoms with Gasteiger partial charge in [0.05, 0.1) is 0 Å². The molecule has 0 amide bonds. The lowest BCUT2D eigenvalue weighted by atomic mass is 10.0. The molecular formula is C50H84O6. The van der Waals surface area contributed by atoms with E-state index in [1.54, 1.807) is 0 Å². The van der Waals surface area contributed by atoms with Crippen molar-refractivity contribution >= 4 is 17.9 Å². The first-order valence-corrected chi connectivity index (χ1v) is 23.0. The molecule has 0 spiro atoms. The van der Waals surface area contributed by atoms with Gasteiger partial charge in [-0.2, -0.15) is 0 Å². The Hall–Kier alpha value is -3.15. The molecule has 56 heavy (non-hydrogen) atoms. The standard InChI is InChI=1S/C50H84O6/c1-4-7-10-13-16-19-22-24-26-28-31-34-37-40-43-49(52)55-46-47(45-54-48(51)42-39-36-33-30-27-21-18-15-12-9-6-3)56-50(53)44-41-38-35-32-29-25-23-20-17-14-11-8-5-2/h8,11,14-15,17-18,20,23,25,29,32,35,47H,4-7,9-10,12-13,16,19,21-22,24,26-28,30-31,33-34,36-46H2,1-3H3/b11-8-,17-14-,18-15-,23-20-,29-25-,35-32-. The van der Waals surface area contributed by atoms with Crippen molar-refractivity contribution in [2.45, 2.75) is 213 Å². The van der Waals surface area contributed by atoms with Crippen molar-refractivity contribution < 1.29 is 28.6 Å². The zero-order valence-corrected chi connectivity index (χ0v) is 36.4. The predicted octanol–water partition coefficient (Wildman–Crippen LogP) is 14.7. The Balaban J connectivity index is 4.49. The third-order valence-corrected chi connectivity index (χ3v) is 9.57. The van der Waals surface area contributed by atoms with Crippen LogP contribution in [0.25, 0.3) is 0 Å². The topological polar surface area (TPSA) is 78.9 Å². The summed E-state index contributed by atoms with van der Waals surface area (Å²) in [5.41, 5.74) is 0. The first kappa shape index (κ1) is 52.9. The fraction of sp³-hybridized carbons (Fsp3) is 0.700. The van der Waals surface area contributed by atoms with Crippen LogP contribution in [0, 0.1) is 0 Å². The molecule has 0 N–H and O–H groups in total. The minimum atomic E-state index is -0.811. The summed E-state index contributed by atoms with van der Waals surface area (Å²) in [7, 11) is 0. The molecule has 0 aliphatic heterocycles. The first-order valence-electron chi connectivity index (χ1n) is 23.0. The molecule has 0 aromatic carbocycles. The van der Waals surface area contributed by atoms with Crippen LogP contribution in [0.4, 0.5) is 0 Å². The molecular weight excluding hydrogens is 697 g/mol. The maximum atomic E-state index is 12.7. The zero-order valence-electron chi connectivity index (χ0n) is 36.4. The highest BCUT2D eigenvalue weighted by Crippen LogP contribution is 2.14. The Morgan fingerprint density at radius 3 is 1.23 bits per heavy atom. The van der Waals surface area contributed by atoms with Crippen molar-refractivity contribution in [2.24, 2.45) is 0 Å². The third kappa shape index (κ3) is 42.0. The quantitative estimate of drug-likeness (QED) is 0.0203. The Kier molecular flexibility index (Phi) is 42.1. The number of hydrogen-bond acceptors (Lipinski definition) is 6. The molecule has 0 bridgehead atoms. The van der Waals surface area contributed by atoms with Crippen LogP contribution in [-0.2, 0) is 28.6 Å². The van der Waals surface area contributed by atoms with Crippen LogP contribution in [0.2, 0.25) is 0 Å². The number of esters is 3. The predicted molar refractivity (Wildman–Crippen MR) is 238 cm³/mol. The van der Waals surface area contributed by atoms with Crippen molar-refractivity contribution in [3.8, 4) is 0 Å². The number of ether oxygens (including phenoxy) is 3. The number of carbonyl (C=O) groups is 3. The number of unbranched alkanes of at least 4 members (excludes halogenated alkanes) is 21. The highest BCUT2D eigenvalue weighted by atomic mass is 16.6. The summed E-state index contributed by atoms with van der Waals surface area (Å²) in [5.74, 6) is -0.994. The lowest BCUT2D eigenvalue weighted by molar-refractivity contribution is -0.167. The molecule has 0 aliphatic rings. The third-order valence-electron chi connectivity index (χ3n) is 9.57. The molecule has 0 aromatic rings. The van der Waals surface area contributed by atoms with Crippen LogP contribution >= 0.6 is 0 Å². The van der Waals surface area contributed by atoms with E-state index in [-0.39, 0.29) is 37.5 Å². The Labute approximate surface area is 344 Å². The molecule has 0 radical (unpaired) electrons. The van der Waals surface area contributed by atoms with E-state index in [0.717, 1.165) is 64.2 Å². The van der Waals surface area contributed by atoms with Crippen LogP contribution in [0.3, 0.4) is 0 Å². The van der Waals surface area contributed by atoms with Crippen molar-refractivity contribution in [3.05, 3.63) is 72.9 Å². The molecule has 1 atom stereocenters. The Morgan fingerprint density at radius 2 is 0.750 bits per heavy atom. The second-order valence-corrected chi connectivity index (χ2v) is 15.1. The molecule has 6 nitrogen and oxygen atoms in total. The van der Waals surface area contributed by atoms with Gasteiger partial charge in [0.1, 0.15) is 13.2 Å². The van der Waals surface area contributed by atoms with Gasteiger partial charge in [0.25, 0.3) is 0 Å². The summed E-state index contributed by atoms with van der Waals surface area (Å²) in [5, 5.41) is 0. The van der Waals surface area contributed by atoms with Gasteiger partial charge in [-0.1, -0.05) is 209 Å². The van der Waals surface area contributed by atoms with E-state index in [0.29, 0.717) is 19.3 Å². The molecule has 0 aromatic heterocycles. The summed E-state index contributed by atoms with van der Waals surface area (Å²) in [6, 6.07) is 0. The van der Waals surface area contributed by atoms with E-state index >= 15 is 0 Å². The normalized spacial score (nSPS) is 12.7. The van der Waals surface area contributed by atoms with Gasteiger partial charge in [0, 0.05) is 19.3 Å². The smallest absolute Gasteiger partial charge is 0.306 e. The van der Waals surface area contributed by atoms with Gasteiger partial charge >= 0.3 is 17.9 Å². The van der Waals surface area contributed by atoms with E-state index in [9.17, 15) is 14.4 Å². The first-order chi connectivity index (χ1) is 27.5. The minimum absolute atomic E-state index is 0.106. The molecule has 0 heterocycles. The molecule has 0 saturated carbocycles. The molecule has 0 saturated heterocycles. The maximum absolute atomic E-state index is 12.7. The summed E-state index contributed by atoms with van der Waals surface area (Å²) < 4.78 is 16.6. The summed E-state index contributed by atoms with van der Waals surface area (Å²) in [4.78, 5) is 37.7. The summed E-state index contributed by atoms with van der Waals surface area (Å²) >= 11 is 0. The van der Waals surface area contributed by atoms with Gasteiger partial charge < -0.3 is 14.2 Å². The van der Waals surface area contributed by atoms with E-state index in [4.69, 9.17) is 14.2 Å². The van der Waals surface area contributed by atoms with Gasteiger partial charge in [-0.25, -0.2) is 0 Å². The monoisotopic (exact) mass is 781 g/mol. The zero-order chi connectivity index (χ0) is 40.8. The van der Waals surface area contributed by atoms with E-state index in [1.165, 1.54) is 96.3 Å². The average Bonchev–Trinajstić information content (AvgIpc) is 3.19. The number of hydrogen-bond donors (Lipinski definition) is 0. The van der Waals surface area contributed by atoms with E-state index in [2.05, 4.69) is 39.0 Å². The maximum Gasteiger partial charge on any atom is 0.306 e. The second kappa shape index (κ2) is 44.6. The minimum Gasteiger partial charge on any atom is -0.462 e. The van der Waals surface area contributed by atoms with Crippen LogP contribution in [-0.4, -0.2) is 37.2 Å². The van der Waals surface area contributed by atoms with Crippen molar-refractivity contribution in [1.29, 1.82) is 0 Å². The van der Waals surface area contributed by atoms with Crippen LogP contribution in [0.5, 0.6) is 0 Å². The van der Waals surface area contributed by atoms with Gasteiger partial charge in [-0.05, 0) is 51.4 Å². The Morgan fingerprint density at radius 1 is 0.375 bits per heavy atom. The highest BCUT2D eigenvalue weighted by molar-refractivity contribution is 5.71. The van der Waals surface area contributed by atoms with E-state index < -0.39 is 6.10 Å². The van der Waals surface area contributed by atoms with E-state index in [1.807, 2.05) is 54.7 Å². The van der Waals surface area contributed by atoms with Gasteiger partial charge in [0.2, 0.25) is 0 Å². The Bertz CT molecular complexity index is 1080. The average molecular weight is 781 g/mol. The SMILES string of the molecule is CC\C=C/C=C\C=C/C=C\C=C/CCCC(=O)OC(COC(=O)CCCCCCC/C=C\CCCC)COC(=O)CCCCCCCCCCCCCCCC. The largest absolute Gasteiger partial charge is 0.462 e. The van der Waals surface area contributed by atoms with Gasteiger partial charge in [-0.3, -0.25) is 14.4 Å². The van der Waals surface area contributed by atoms with Crippen molar-refractivity contribution in [3.63, 3.8) is 0 Å². The van der Waals surface area contributed by atoms with Crippen LogP contribution < -0.4 is 0 Å². The molecule has 0 fully saturated rings. The molecule has 1 unspecified atom stereocenters. The van der Waals surface area contributed by atoms with Crippen LogP contribution in [0.15, 0.2) is 72.9 Å². The fourth-order valence-electron chi connectivity index (χ4n) is 6.10. The summed E-state index contributed by atoms with van der Waals surface area (Å²) in [6.07, 6.45) is 54.6. The van der Waals surface area contributed by atoms with Crippen LogP contribution in [0.1, 0.15) is 207 Å². The number of allylic oxidation sites excluding steroid dienone is 12. The lowest BCUT2D eigenvalue weighted by Gasteiger charge is -2.18. The van der Waals surface area contributed by atoms with Crippen molar-refractivity contribution in [2.75, 3.05) is 13.2 Å². The fourth-order valence-corrected chi connectivity index (χ4v) is 6.10. The number of carbonyl (C=O) groups excluding carboxylic acids is 3. The highest BCUT2D eigenvalue weighted by Gasteiger charge is 2.19. The second-order valence-electron chi connectivity index (χ2n) is 15.1. The summed E-state index contributed by atoms with van der Waals surface area (Å²) in [6.45, 7) is 6.37. The number of rotatable bonds is 40. The molecule has 0 rings (SSSR count). The molecule has 0 aliphatic carbocycles. The van der Waals surface area contributed by atoms with Gasteiger partial charge in [0.15, 0.2) is 6.10 Å². The molecule has 320 valence electrons.